The maximum atomic E-state index is 13.9. The van der Waals surface area contributed by atoms with Crippen LogP contribution in [0.2, 0.25) is 0 Å². The molecule has 1 aromatic heterocycles. The first-order chi connectivity index (χ1) is 12.3. The van der Waals surface area contributed by atoms with Crippen molar-refractivity contribution in [3.8, 4) is 0 Å². The number of carbonyl (C=O) groups excluding carboxylic acids is 1. The number of piperidine rings is 1. The molecule has 2 aromatic rings. The number of likely N-dealkylation sites (tertiary alicyclic amines) is 1. The first-order valence-corrected chi connectivity index (χ1v) is 10.1. The van der Waals surface area contributed by atoms with Crippen molar-refractivity contribution in [2.24, 2.45) is 0 Å². The average Bonchev–Trinajstić information content (AvgIpc) is 2.92. The van der Waals surface area contributed by atoms with E-state index >= 15 is 0 Å². The molecule has 0 spiro atoms. The van der Waals surface area contributed by atoms with Crippen molar-refractivity contribution < 1.29 is 17.6 Å². The summed E-state index contributed by atoms with van der Waals surface area (Å²) >= 11 is 0. The van der Waals surface area contributed by atoms with Gasteiger partial charge in [-0.2, -0.15) is 0 Å². The highest BCUT2D eigenvalue weighted by Gasteiger charge is 2.32. The number of aryl methyl sites for hydroxylation is 2. The van der Waals surface area contributed by atoms with Crippen LogP contribution in [0.4, 0.5) is 10.1 Å². The standard InChI is InChI=1S/C18H22FN3O3S/c1-12-16(18(23)22-10-6-3-7-11-22)17(13(2)20-12)26(24,25)21-15-9-5-4-8-14(15)19/h4-5,8-9,20-21H,3,6-7,10-11H2,1-2H3. The quantitative estimate of drug-likeness (QED) is 0.856. The molecule has 0 atom stereocenters. The van der Waals surface area contributed by atoms with Crippen LogP contribution in [0.5, 0.6) is 0 Å². The molecular weight excluding hydrogens is 357 g/mol. The van der Waals surface area contributed by atoms with E-state index in [9.17, 15) is 17.6 Å². The second-order valence-corrected chi connectivity index (χ2v) is 8.14. The number of nitrogens with one attached hydrogen (secondary N) is 2. The molecule has 8 heteroatoms. The SMILES string of the molecule is Cc1[nH]c(C)c(S(=O)(=O)Nc2ccccc2F)c1C(=O)N1CCCCC1. The lowest BCUT2D eigenvalue weighted by molar-refractivity contribution is 0.0720. The van der Waals surface area contributed by atoms with Crippen molar-refractivity contribution in [3.05, 3.63) is 47.0 Å². The van der Waals surface area contributed by atoms with Gasteiger partial charge in [-0.05, 0) is 45.2 Å². The van der Waals surface area contributed by atoms with Gasteiger partial charge in [0.25, 0.3) is 15.9 Å². The van der Waals surface area contributed by atoms with Crippen LogP contribution in [-0.2, 0) is 10.0 Å². The Labute approximate surface area is 152 Å². The predicted octanol–water partition coefficient (Wildman–Crippen LogP) is 3.20. The number of amides is 1. The third-order valence-corrected chi connectivity index (χ3v) is 6.10. The summed E-state index contributed by atoms with van der Waals surface area (Å²) in [6, 6.07) is 5.53. The van der Waals surface area contributed by atoms with E-state index in [1.54, 1.807) is 18.7 Å². The summed E-state index contributed by atoms with van der Waals surface area (Å²) in [6.07, 6.45) is 2.88. The van der Waals surface area contributed by atoms with Crippen molar-refractivity contribution in [2.45, 2.75) is 38.0 Å². The van der Waals surface area contributed by atoms with Gasteiger partial charge in [0.2, 0.25) is 0 Å². The molecule has 0 aliphatic carbocycles. The summed E-state index contributed by atoms with van der Waals surface area (Å²) in [7, 11) is -4.13. The van der Waals surface area contributed by atoms with Gasteiger partial charge in [0.05, 0.1) is 11.3 Å². The number of aromatic nitrogens is 1. The Bertz CT molecular complexity index is 931. The highest BCUT2D eigenvalue weighted by atomic mass is 32.2. The van der Waals surface area contributed by atoms with Crippen LogP contribution in [0.1, 0.15) is 41.0 Å². The Morgan fingerprint density at radius 3 is 2.42 bits per heavy atom. The molecular formula is C18H22FN3O3S. The minimum Gasteiger partial charge on any atom is -0.361 e. The number of hydrogen-bond acceptors (Lipinski definition) is 3. The second-order valence-electron chi connectivity index (χ2n) is 6.52. The van der Waals surface area contributed by atoms with Gasteiger partial charge in [-0.15, -0.1) is 0 Å². The fourth-order valence-electron chi connectivity index (χ4n) is 3.35. The summed E-state index contributed by atoms with van der Waals surface area (Å²) in [5, 5.41) is 0. The fourth-order valence-corrected chi connectivity index (χ4v) is 4.87. The predicted molar refractivity (Wildman–Crippen MR) is 97.2 cm³/mol. The molecule has 6 nitrogen and oxygen atoms in total. The first kappa shape index (κ1) is 18.4. The van der Waals surface area contributed by atoms with Crippen molar-refractivity contribution in [1.29, 1.82) is 0 Å². The third-order valence-electron chi connectivity index (χ3n) is 4.56. The molecule has 3 rings (SSSR count). The number of halogens is 1. The number of carbonyl (C=O) groups is 1. The largest absolute Gasteiger partial charge is 0.361 e. The number of sulfonamides is 1. The van der Waals surface area contributed by atoms with Crippen LogP contribution < -0.4 is 4.72 Å². The number of hydrogen-bond donors (Lipinski definition) is 2. The van der Waals surface area contributed by atoms with E-state index in [2.05, 4.69) is 9.71 Å². The van der Waals surface area contributed by atoms with Gasteiger partial charge in [0.15, 0.2) is 0 Å². The fraction of sp³-hybridized carbons (Fsp3) is 0.389. The van der Waals surface area contributed by atoms with Gasteiger partial charge in [-0.3, -0.25) is 9.52 Å². The smallest absolute Gasteiger partial charge is 0.264 e. The molecule has 1 amide bonds. The van der Waals surface area contributed by atoms with Crippen molar-refractivity contribution in [1.82, 2.24) is 9.88 Å². The van der Waals surface area contributed by atoms with E-state index < -0.39 is 15.8 Å². The molecule has 0 unspecified atom stereocenters. The van der Waals surface area contributed by atoms with Crippen LogP contribution in [0.15, 0.2) is 29.2 Å². The Morgan fingerprint density at radius 1 is 1.12 bits per heavy atom. The van der Waals surface area contributed by atoms with Gasteiger partial charge < -0.3 is 9.88 Å². The highest BCUT2D eigenvalue weighted by molar-refractivity contribution is 7.92. The molecule has 140 valence electrons. The molecule has 0 radical (unpaired) electrons. The minimum atomic E-state index is -4.13. The van der Waals surface area contributed by atoms with Crippen LogP contribution in [0, 0.1) is 19.7 Å². The minimum absolute atomic E-state index is 0.117. The van der Waals surface area contributed by atoms with E-state index in [1.807, 2.05) is 0 Å². The molecule has 2 N–H and O–H groups in total. The zero-order chi connectivity index (χ0) is 18.9. The molecule has 26 heavy (non-hydrogen) atoms. The monoisotopic (exact) mass is 379 g/mol. The molecule has 1 saturated heterocycles. The maximum Gasteiger partial charge on any atom is 0.264 e. The molecule has 1 fully saturated rings. The van der Waals surface area contributed by atoms with Gasteiger partial charge >= 0.3 is 0 Å². The summed E-state index contributed by atoms with van der Waals surface area (Å²) in [4.78, 5) is 17.5. The summed E-state index contributed by atoms with van der Waals surface area (Å²) in [6.45, 7) is 4.49. The van der Waals surface area contributed by atoms with E-state index in [1.165, 1.54) is 24.3 Å². The van der Waals surface area contributed by atoms with E-state index in [0.29, 0.717) is 24.5 Å². The van der Waals surface area contributed by atoms with Gasteiger partial charge in [0, 0.05) is 24.5 Å². The lowest BCUT2D eigenvalue weighted by Crippen LogP contribution is -2.36. The topological polar surface area (TPSA) is 82.3 Å². The molecule has 1 aliphatic rings. The molecule has 2 heterocycles. The summed E-state index contributed by atoms with van der Waals surface area (Å²) < 4.78 is 42.0. The Kier molecular flexibility index (Phi) is 5.04. The molecule has 0 saturated carbocycles. The number of para-hydroxylation sites is 1. The summed E-state index contributed by atoms with van der Waals surface area (Å²) in [5.74, 6) is -0.981. The second kappa shape index (κ2) is 7.11. The van der Waals surface area contributed by atoms with Crippen LogP contribution in [-0.4, -0.2) is 37.3 Å². The first-order valence-electron chi connectivity index (χ1n) is 8.57. The van der Waals surface area contributed by atoms with Gasteiger partial charge in [-0.25, -0.2) is 12.8 Å². The number of aromatic amines is 1. The summed E-state index contributed by atoms with van der Waals surface area (Å²) in [5.41, 5.74) is 0.828. The number of nitrogens with zero attached hydrogens (tertiary/aromatic N) is 1. The van der Waals surface area contributed by atoms with Crippen molar-refractivity contribution in [2.75, 3.05) is 17.8 Å². The molecule has 0 bridgehead atoms. The van der Waals surface area contributed by atoms with Gasteiger partial charge in [-0.1, -0.05) is 12.1 Å². The molecule has 1 aliphatic heterocycles. The molecule has 1 aromatic carbocycles. The Balaban J connectivity index is 2.02. The van der Waals surface area contributed by atoms with E-state index in [4.69, 9.17) is 0 Å². The normalized spacial score (nSPS) is 15.1. The lowest BCUT2D eigenvalue weighted by atomic mass is 10.1. The highest BCUT2D eigenvalue weighted by Crippen LogP contribution is 2.28. The van der Waals surface area contributed by atoms with Crippen molar-refractivity contribution >= 4 is 21.6 Å². The Hall–Kier alpha value is -2.35. The maximum absolute atomic E-state index is 13.9. The number of anilines is 1. The lowest BCUT2D eigenvalue weighted by Gasteiger charge is -2.27. The van der Waals surface area contributed by atoms with Crippen LogP contribution in [0.25, 0.3) is 0 Å². The Morgan fingerprint density at radius 2 is 1.77 bits per heavy atom. The van der Waals surface area contributed by atoms with Gasteiger partial charge in [0.1, 0.15) is 10.7 Å². The van der Waals surface area contributed by atoms with Crippen LogP contribution in [0.3, 0.4) is 0 Å². The average molecular weight is 379 g/mol. The zero-order valence-electron chi connectivity index (χ0n) is 14.8. The van der Waals surface area contributed by atoms with E-state index in [0.717, 1.165) is 19.3 Å². The number of H-pyrrole nitrogens is 1. The van der Waals surface area contributed by atoms with E-state index in [-0.39, 0.29) is 22.1 Å². The third kappa shape index (κ3) is 3.46. The number of rotatable bonds is 4. The van der Waals surface area contributed by atoms with Crippen molar-refractivity contribution in [3.63, 3.8) is 0 Å². The van der Waals surface area contributed by atoms with Crippen LogP contribution >= 0.6 is 0 Å². The number of benzene rings is 1. The zero-order valence-corrected chi connectivity index (χ0v) is 15.6.